The summed E-state index contributed by atoms with van der Waals surface area (Å²) in [7, 11) is 0. The second-order valence-corrected chi connectivity index (χ2v) is 7.03. The van der Waals surface area contributed by atoms with Crippen molar-refractivity contribution in [3.63, 3.8) is 0 Å². The van der Waals surface area contributed by atoms with E-state index < -0.39 is 0 Å². The number of amides is 1. The molecule has 2 aromatic carbocycles. The summed E-state index contributed by atoms with van der Waals surface area (Å²) in [6.07, 6.45) is 1.82. The summed E-state index contributed by atoms with van der Waals surface area (Å²) in [5.74, 6) is -0.137. The molecule has 0 saturated carbocycles. The van der Waals surface area contributed by atoms with E-state index >= 15 is 0 Å². The molecule has 1 heterocycles. The van der Waals surface area contributed by atoms with E-state index in [1.165, 1.54) is 11.8 Å². The lowest BCUT2D eigenvalue weighted by molar-refractivity contribution is -0.115. The van der Waals surface area contributed by atoms with Crippen LogP contribution in [-0.2, 0) is 11.3 Å². The first-order valence-electron chi connectivity index (χ1n) is 8.16. The van der Waals surface area contributed by atoms with Crippen molar-refractivity contribution >= 4 is 34.4 Å². The molecular weight excluding hydrogens is 344 g/mol. The van der Waals surface area contributed by atoms with E-state index in [4.69, 9.17) is 5.26 Å². The fourth-order valence-corrected chi connectivity index (χ4v) is 3.50. The number of fused-ring (bicyclic) bond motifs is 1. The van der Waals surface area contributed by atoms with Crippen molar-refractivity contribution < 1.29 is 4.79 Å². The molecule has 1 aromatic heterocycles. The van der Waals surface area contributed by atoms with E-state index in [1.54, 1.807) is 24.3 Å². The molecule has 1 atom stereocenters. The Morgan fingerprint density at radius 3 is 2.96 bits per heavy atom. The maximum Gasteiger partial charge on any atom is 0.237 e. The van der Waals surface area contributed by atoms with Gasteiger partial charge in [-0.15, -0.1) is 6.58 Å². The van der Waals surface area contributed by atoms with Crippen LogP contribution in [0, 0.1) is 11.3 Å². The fraction of sp³-hybridized carbons (Fsp3) is 0.150. The van der Waals surface area contributed by atoms with E-state index in [0.29, 0.717) is 17.8 Å². The summed E-state index contributed by atoms with van der Waals surface area (Å²) in [5.41, 5.74) is 3.03. The third kappa shape index (κ3) is 3.79. The third-order valence-corrected chi connectivity index (χ3v) is 4.93. The van der Waals surface area contributed by atoms with Crippen molar-refractivity contribution in [2.24, 2.45) is 0 Å². The number of nitrogens with one attached hydrogen (secondary N) is 1. The predicted molar refractivity (Wildman–Crippen MR) is 105 cm³/mol. The summed E-state index contributed by atoms with van der Waals surface area (Å²) in [5, 5.41) is 12.2. The van der Waals surface area contributed by atoms with Gasteiger partial charge >= 0.3 is 0 Å². The standard InChI is InChI=1S/C20H18N4OS/c1-3-11-24-18-10-5-4-9-17(18)23-20(24)26-14(2)19(25)22-16-8-6-7-15(12-16)13-21/h3-10,12,14H,1,11H2,2H3,(H,22,25)/t14-/m1/s1. The van der Waals surface area contributed by atoms with Gasteiger partial charge in [-0.05, 0) is 37.3 Å². The van der Waals surface area contributed by atoms with Gasteiger partial charge in [0.2, 0.25) is 5.91 Å². The Hall–Kier alpha value is -3.04. The van der Waals surface area contributed by atoms with Crippen LogP contribution in [0.1, 0.15) is 12.5 Å². The highest BCUT2D eigenvalue weighted by Gasteiger charge is 2.19. The smallest absolute Gasteiger partial charge is 0.237 e. The number of anilines is 1. The zero-order chi connectivity index (χ0) is 18.5. The maximum atomic E-state index is 12.5. The van der Waals surface area contributed by atoms with Gasteiger partial charge in [-0.25, -0.2) is 4.98 Å². The Kier molecular flexibility index (Phi) is 5.40. The largest absolute Gasteiger partial charge is 0.325 e. The van der Waals surface area contributed by atoms with Gasteiger partial charge in [-0.2, -0.15) is 5.26 Å². The highest BCUT2D eigenvalue weighted by atomic mass is 32.2. The Balaban J connectivity index is 1.78. The van der Waals surface area contributed by atoms with Crippen LogP contribution in [0.2, 0.25) is 0 Å². The number of hydrogen-bond acceptors (Lipinski definition) is 4. The SMILES string of the molecule is C=CCn1c(S[C@H](C)C(=O)Nc2cccc(C#N)c2)nc2ccccc21. The minimum absolute atomic E-state index is 0.137. The molecular formula is C20H18N4OS. The van der Waals surface area contributed by atoms with Gasteiger partial charge in [0.25, 0.3) is 0 Å². The van der Waals surface area contributed by atoms with Crippen LogP contribution in [0.5, 0.6) is 0 Å². The number of carbonyl (C=O) groups excluding carboxylic acids is 1. The molecule has 3 rings (SSSR count). The van der Waals surface area contributed by atoms with Gasteiger partial charge in [0.1, 0.15) is 0 Å². The number of nitrogens with zero attached hydrogens (tertiary/aromatic N) is 3. The van der Waals surface area contributed by atoms with Gasteiger partial charge in [-0.1, -0.05) is 36.0 Å². The summed E-state index contributed by atoms with van der Waals surface area (Å²) in [4.78, 5) is 17.2. The van der Waals surface area contributed by atoms with Crippen molar-refractivity contribution in [2.75, 3.05) is 5.32 Å². The molecule has 0 fully saturated rings. The Morgan fingerprint density at radius 2 is 2.19 bits per heavy atom. The maximum absolute atomic E-state index is 12.5. The van der Waals surface area contributed by atoms with Gasteiger partial charge < -0.3 is 9.88 Å². The van der Waals surface area contributed by atoms with E-state index in [9.17, 15) is 4.79 Å². The molecule has 1 N–H and O–H groups in total. The topological polar surface area (TPSA) is 70.7 Å². The molecule has 1 amide bonds. The molecule has 0 spiro atoms. The summed E-state index contributed by atoms with van der Waals surface area (Å²) < 4.78 is 2.05. The van der Waals surface area contributed by atoms with Crippen LogP contribution in [0.3, 0.4) is 0 Å². The zero-order valence-corrected chi connectivity index (χ0v) is 15.2. The second-order valence-electron chi connectivity index (χ2n) is 5.72. The Labute approximate surface area is 156 Å². The van der Waals surface area contributed by atoms with Crippen molar-refractivity contribution in [3.05, 3.63) is 66.7 Å². The average Bonchev–Trinajstić information content (AvgIpc) is 2.99. The number of benzene rings is 2. The summed E-state index contributed by atoms with van der Waals surface area (Å²) >= 11 is 1.40. The molecule has 0 bridgehead atoms. The fourth-order valence-electron chi connectivity index (χ4n) is 2.57. The first-order chi connectivity index (χ1) is 12.6. The number of aromatic nitrogens is 2. The second kappa shape index (κ2) is 7.89. The molecule has 0 saturated heterocycles. The molecule has 3 aromatic rings. The van der Waals surface area contributed by atoms with Gasteiger partial charge in [0.15, 0.2) is 5.16 Å². The predicted octanol–water partition coefficient (Wildman–Crippen LogP) is 4.21. The normalized spacial score (nSPS) is 11.7. The first kappa shape index (κ1) is 17.8. The number of para-hydroxylation sites is 2. The summed E-state index contributed by atoms with van der Waals surface area (Å²) in [6, 6.07) is 16.8. The van der Waals surface area contributed by atoms with Crippen molar-refractivity contribution in [2.45, 2.75) is 23.9 Å². The highest BCUT2D eigenvalue weighted by molar-refractivity contribution is 8.00. The van der Waals surface area contributed by atoms with Gasteiger partial charge in [0, 0.05) is 12.2 Å². The zero-order valence-electron chi connectivity index (χ0n) is 14.3. The molecule has 0 aliphatic heterocycles. The van der Waals surface area contributed by atoms with Crippen LogP contribution >= 0.6 is 11.8 Å². The lowest BCUT2D eigenvalue weighted by atomic mass is 10.2. The molecule has 130 valence electrons. The van der Waals surface area contributed by atoms with Crippen LogP contribution in [0.15, 0.2) is 66.3 Å². The van der Waals surface area contributed by atoms with Crippen molar-refractivity contribution in [1.82, 2.24) is 9.55 Å². The van der Waals surface area contributed by atoms with Crippen LogP contribution in [0.25, 0.3) is 11.0 Å². The number of nitriles is 1. The average molecular weight is 362 g/mol. The van der Waals surface area contributed by atoms with Gasteiger partial charge in [-0.3, -0.25) is 4.79 Å². The number of imidazole rings is 1. The highest BCUT2D eigenvalue weighted by Crippen LogP contribution is 2.28. The van der Waals surface area contributed by atoms with Crippen LogP contribution < -0.4 is 5.32 Å². The molecule has 0 aliphatic rings. The molecule has 0 aliphatic carbocycles. The van der Waals surface area contributed by atoms with E-state index in [0.717, 1.165) is 16.2 Å². The van der Waals surface area contributed by atoms with Crippen LogP contribution in [-0.4, -0.2) is 20.7 Å². The minimum atomic E-state index is -0.346. The van der Waals surface area contributed by atoms with E-state index in [1.807, 2.05) is 41.8 Å². The minimum Gasteiger partial charge on any atom is -0.325 e. The molecule has 5 nitrogen and oxygen atoms in total. The lowest BCUT2D eigenvalue weighted by Gasteiger charge is -2.13. The molecule has 0 unspecified atom stereocenters. The van der Waals surface area contributed by atoms with Crippen molar-refractivity contribution in [1.29, 1.82) is 5.26 Å². The molecule has 0 radical (unpaired) electrons. The van der Waals surface area contributed by atoms with E-state index in [-0.39, 0.29) is 11.2 Å². The van der Waals surface area contributed by atoms with E-state index in [2.05, 4.69) is 22.9 Å². The lowest BCUT2D eigenvalue weighted by Crippen LogP contribution is -2.23. The Morgan fingerprint density at radius 1 is 1.38 bits per heavy atom. The number of hydrogen-bond donors (Lipinski definition) is 1. The molecule has 6 heteroatoms. The quantitative estimate of drug-likeness (QED) is 0.527. The number of allylic oxidation sites excluding steroid dienone is 1. The summed E-state index contributed by atoms with van der Waals surface area (Å²) in [6.45, 7) is 6.27. The number of carbonyl (C=O) groups is 1. The number of rotatable bonds is 6. The molecule has 26 heavy (non-hydrogen) atoms. The van der Waals surface area contributed by atoms with Gasteiger partial charge in [0.05, 0.1) is 27.9 Å². The monoisotopic (exact) mass is 362 g/mol. The van der Waals surface area contributed by atoms with Crippen LogP contribution in [0.4, 0.5) is 5.69 Å². The first-order valence-corrected chi connectivity index (χ1v) is 9.04. The third-order valence-electron chi connectivity index (χ3n) is 3.84. The Bertz CT molecular complexity index is 1000. The number of thioether (sulfide) groups is 1. The van der Waals surface area contributed by atoms with Crippen molar-refractivity contribution in [3.8, 4) is 6.07 Å².